The molecule has 3 aromatic heterocycles. The van der Waals surface area contributed by atoms with E-state index in [2.05, 4.69) is 30.6 Å². The van der Waals surface area contributed by atoms with E-state index in [0.717, 1.165) is 12.1 Å². The van der Waals surface area contributed by atoms with Crippen LogP contribution >= 0.6 is 0 Å². The number of rotatable bonds is 6. The van der Waals surface area contributed by atoms with Gasteiger partial charge in [0.05, 0.1) is 17.5 Å². The fourth-order valence-corrected chi connectivity index (χ4v) is 2.34. The first-order chi connectivity index (χ1) is 14.0. The third-order valence-electron chi connectivity index (χ3n) is 3.70. The van der Waals surface area contributed by atoms with E-state index in [1.165, 1.54) is 30.5 Å². The predicted molar refractivity (Wildman–Crippen MR) is 103 cm³/mol. The smallest absolute Gasteiger partial charge is 0.389 e. The Morgan fingerprint density at radius 2 is 1.73 bits per heavy atom. The van der Waals surface area contributed by atoms with Gasteiger partial charge in [-0.05, 0) is 38.1 Å². The number of aliphatic hydroxyl groups is 1. The van der Waals surface area contributed by atoms with E-state index < -0.39 is 23.4 Å². The second-order valence-electron chi connectivity index (χ2n) is 7.03. The molecule has 3 heterocycles. The minimum Gasteiger partial charge on any atom is -0.389 e. The zero-order chi connectivity index (χ0) is 21.9. The molecule has 158 valence electrons. The summed E-state index contributed by atoms with van der Waals surface area (Å²) in [5.41, 5.74) is -1.81. The highest BCUT2D eigenvalue weighted by Gasteiger charge is 2.32. The van der Waals surface area contributed by atoms with Gasteiger partial charge in [0.25, 0.3) is 0 Å². The summed E-state index contributed by atoms with van der Waals surface area (Å²) in [6.07, 6.45) is -3.38. The fourth-order valence-electron chi connectivity index (χ4n) is 2.34. The first-order valence-electron chi connectivity index (χ1n) is 8.78. The summed E-state index contributed by atoms with van der Waals surface area (Å²) in [6.45, 7) is 3.29. The SMILES string of the molecule is CC(C)(O)CNc1cc(Nc2ccc(F)nc2)nc(-c2cccc(C(F)(F)F)n2)n1. The summed E-state index contributed by atoms with van der Waals surface area (Å²) in [7, 11) is 0. The first kappa shape index (κ1) is 21.4. The zero-order valence-corrected chi connectivity index (χ0v) is 16.0. The molecule has 0 saturated heterocycles. The average molecular weight is 422 g/mol. The highest BCUT2D eigenvalue weighted by atomic mass is 19.4. The van der Waals surface area contributed by atoms with E-state index in [-0.39, 0.29) is 29.7 Å². The molecule has 0 radical (unpaired) electrons. The van der Waals surface area contributed by atoms with Gasteiger partial charge in [-0.15, -0.1) is 0 Å². The number of anilines is 3. The minimum absolute atomic E-state index is 0.0700. The van der Waals surface area contributed by atoms with Crippen LogP contribution in [0.25, 0.3) is 11.5 Å². The molecule has 0 aliphatic heterocycles. The molecule has 3 aromatic rings. The molecule has 0 unspecified atom stereocenters. The van der Waals surface area contributed by atoms with Crippen molar-refractivity contribution in [3.63, 3.8) is 0 Å². The van der Waals surface area contributed by atoms with Crippen LogP contribution in [0.2, 0.25) is 0 Å². The summed E-state index contributed by atoms with van der Waals surface area (Å²) in [5, 5.41) is 15.7. The average Bonchev–Trinajstić information content (AvgIpc) is 2.67. The maximum absolute atomic E-state index is 13.0. The van der Waals surface area contributed by atoms with E-state index in [1.54, 1.807) is 13.8 Å². The minimum atomic E-state index is -4.62. The lowest BCUT2D eigenvalue weighted by molar-refractivity contribution is -0.141. The highest BCUT2D eigenvalue weighted by Crippen LogP contribution is 2.29. The normalized spacial score (nSPS) is 12.0. The molecule has 0 aliphatic carbocycles. The van der Waals surface area contributed by atoms with Gasteiger partial charge in [0.15, 0.2) is 5.82 Å². The summed E-state index contributed by atoms with van der Waals surface area (Å²) in [4.78, 5) is 15.6. The number of aromatic nitrogens is 4. The van der Waals surface area contributed by atoms with Crippen molar-refractivity contribution in [1.29, 1.82) is 0 Å². The van der Waals surface area contributed by atoms with Crippen LogP contribution in [-0.2, 0) is 6.18 Å². The lowest BCUT2D eigenvalue weighted by atomic mass is 10.1. The molecular formula is C19H18F4N6O. The maximum Gasteiger partial charge on any atom is 0.433 e. The molecule has 3 rings (SSSR count). The van der Waals surface area contributed by atoms with Crippen LogP contribution in [0.1, 0.15) is 19.5 Å². The summed E-state index contributed by atoms with van der Waals surface area (Å²) >= 11 is 0. The molecule has 0 bridgehead atoms. The van der Waals surface area contributed by atoms with Crippen molar-refractivity contribution in [3.05, 3.63) is 54.2 Å². The van der Waals surface area contributed by atoms with Gasteiger partial charge >= 0.3 is 6.18 Å². The Morgan fingerprint density at radius 1 is 1.00 bits per heavy atom. The van der Waals surface area contributed by atoms with E-state index in [1.807, 2.05) is 0 Å². The number of nitrogens with zero attached hydrogens (tertiary/aromatic N) is 4. The van der Waals surface area contributed by atoms with Crippen molar-refractivity contribution in [3.8, 4) is 11.5 Å². The van der Waals surface area contributed by atoms with Gasteiger partial charge in [0.1, 0.15) is 23.0 Å². The molecule has 3 N–H and O–H groups in total. The Bertz CT molecular complexity index is 1020. The van der Waals surface area contributed by atoms with Gasteiger partial charge in [0.2, 0.25) is 5.95 Å². The van der Waals surface area contributed by atoms with Gasteiger partial charge < -0.3 is 15.7 Å². The van der Waals surface area contributed by atoms with Crippen molar-refractivity contribution >= 4 is 17.3 Å². The van der Waals surface area contributed by atoms with Crippen molar-refractivity contribution in [1.82, 2.24) is 19.9 Å². The number of pyridine rings is 2. The lowest BCUT2D eigenvalue weighted by Crippen LogP contribution is -2.29. The fraction of sp³-hybridized carbons (Fsp3) is 0.263. The van der Waals surface area contributed by atoms with Gasteiger partial charge in [-0.3, -0.25) is 0 Å². The molecule has 0 aliphatic rings. The summed E-state index contributed by atoms with van der Waals surface area (Å²) in [5.74, 6) is -0.270. The second-order valence-corrected chi connectivity index (χ2v) is 7.03. The summed E-state index contributed by atoms with van der Waals surface area (Å²) in [6, 6.07) is 7.48. The van der Waals surface area contributed by atoms with Crippen molar-refractivity contribution in [2.24, 2.45) is 0 Å². The molecule has 0 fully saturated rings. The largest absolute Gasteiger partial charge is 0.433 e. The van der Waals surface area contributed by atoms with Crippen LogP contribution in [0.15, 0.2) is 42.6 Å². The predicted octanol–water partition coefficient (Wildman–Crippen LogP) is 4.02. The molecule has 0 atom stereocenters. The van der Waals surface area contributed by atoms with Gasteiger partial charge in [-0.2, -0.15) is 17.6 Å². The van der Waals surface area contributed by atoms with Gasteiger partial charge in [-0.25, -0.2) is 19.9 Å². The van der Waals surface area contributed by atoms with Crippen molar-refractivity contribution < 1.29 is 22.7 Å². The molecule has 7 nitrogen and oxygen atoms in total. The van der Waals surface area contributed by atoms with Crippen LogP contribution in [-0.4, -0.2) is 37.2 Å². The molecule has 0 spiro atoms. The van der Waals surface area contributed by atoms with E-state index in [9.17, 15) is 22.7 Å². The molecule has 0 aromatic carbocycles. The van der Waals surface area contributed by atoms with Crippen LogP contribution in [0.4, 0.5) is 34.9 Å². The van der Waals surface area contributed by atoms with Crippen LogP contribution in [0.3, 0.4) is 0 Å². The Hall–Kier alpha value is -3.34. The second kappa shape index (κ2) is 8.19. The number of nitrogens with one attached hydrogen (secondary N) is 2. The monoisotopic (exact) mass is 422 g/mol. The molecule has 0 amide bonds. The molecule has 11 heteroatoms. The molecular weight excluding hydrogens is 404 g/mol. The van der Waals surface area contributed by atoms with E-state index in [4.69, 9.17) is 0 Å². The lowest BCUT2D eigenvalue weighted by Gasteiger charge is -2.19. The Morgan fingerprint density at radius 3 is 2.37 bits per heavy atom. The van der Waals surface area contributed by atoms with Crippen LogP contribution < -0.4 is 10.6 Å². The molecule has 0 saturated carbocycles. The highest BCUT2D eigenvalue weighted by molar-refractivity contribution is 5.63. The number of halogens is 4. The van der Waals surface area contributed by atoms with E-state index in [0.29, 0.717) is 5.69 Å². The summed E-state index contributed by atoms with van der Waals surface area (Å²) < 4.78 is 52.1. The Labute approximate surface area is 169 Å². The van der Waals surface area contributed by atoms with E-state index >= 15 is 0 Å². The van der Waals surface area contributed by atoms with Crippen molar-refractivity contribution in [2.45, 2.75) is 25.6 Å². The third-order valence-corrected chi connectivity index (χ3v) is 3.70. The zero-order valence-electron chi connectivity index (χ0n) is 16.0. The molecule has 30 heavy (non-hydrogen) atoms. The van der Waals surface area contributed by atoms with Gasteiger partial charge in [0, 0.05) is 12.6 Å². The number of hydrogen-bond donors (Lipinski definition) is 3. The standard InChI is InChI=1S/C19H18F4N6O/c1-18(2,30)10-25-15-8-16(26-11-6-7-14(20)24-9-11)29-17(28-15)12-4-3-5-13(27-12)19(21,22)23/h3-9,30H,10H2,1-2H3,(H2,25,26,28,29). The third kappa shape index (κ3) is 5.83. The topological polar surface area (TPSA) is 95.8 Å². The van der Waals surface area contributed by atoms with Crippen LogP contribution in [0, 0.1) is 5.95 Å². The first-order valence-corrected chi connectivity index (χ1v) is 8.78. The Balaban J connectivity index is 1.99. The van der Waals surface area contributed by atoms with Gasteiger partial charge in [-0.1, -0.05) is 6.07 Å². The number of hydrogen-bond acceptors (Lipinski definition) is 7. The number of alkyl halides is 3. The van der Waals surface area contributed by atoms with Crippen molar-refractivity contribution in [2.75, 3.05) is 17.2 Å². The van der Waals surface area contributed by atoms with Crippen LogP contribution in [0.5, 0.6) is 0 Å². The quantitative estimate of drug-likeness (QED) is 0.408. The Kier molecular flexibility index (Phi) is 5.83. The maximum atomic E-state index is 13.0.